The van der Waals surface area contributed by atoms with Gasteiger partial charge in [-0.1, -0.05) is 48.5 Å². The van der Waals surface area contributed by atoms with E-state index in [1.165, 1.54) is 25.3 Å². The van der Waals surface area contributed by atoms with Crippen molar-refractivity contribution in [3.05, 3.63) is 90.0 Å². The number of rotatable bonds is 14. The normalized spacial score (nSPS) is 13.8. The Morgan fingerprint density at radius 2 is 1.55 bits per heavy atom. The zero-order valence-electron chi connectivity index (χ0n) is 21.4. The van der Waals surface area contributed by atoms with Crippen LogP contribution in [0.4, 0.5) is 0 Å². The van der Waals surface area contributed by atoms with Crippen LogP contribution in [-0.2, 0) is 32.3 Å². The predicted octanol–water partition coefficient (Wildman–Crippen LogP) is 2.11. The lowest BCUT2D eigenvalue weighted by Gasteiger charge is -2.26. The average molecular weight is 543 g/mol. The van der Waals surface area contributed by atoms with Crippen molar-refractivity contribution in [1.29, 1.82) is 0 Å². The maximum absolute atomic E-state index is 12.8. The minimum Gasteiger partial charge on any atom is -0.497 e. The predicted molar refractivity (Wildman–Crippen MR) is 144 cm³/mol. The first-order valence-electron chi connectivity index (χ1n) is 12.1. The van der Waals surface area contributed by atoms with E-state index in [0.29, 0.717) is 24.5 Å². The maximum Gasteiger partial charge on any atom is 0.336 e. The van der Waals surface area contributed by atoms with Crippen LogP contribution in [0.2, 0.25) is 0 Å². The molecule has 0 saturated carbocycles. The third-order valence-electron chi connectivity index (χ3n) is 5.92. The summed E-state index contributed by atoms with van der Waals surface area (Å²) in [7, 11) is -0.987. The fraction of sp³-hybridized carbons (Fsp3) is 0.321. The highest BCUT2D eigenvalue weighted by Crippen LogP contribution is 2.19. The number of hydrogen-bond donors (Lipinski definition) is 3. The Kier molecular flexibility index (Phi) is 10.7. The van der Waals surface area contributed by atoms with Gasteiger partial charge in [-0.25, -0.2) is 13.2 Å². The van der Waals surface area contributed by atoms with E-state index in [9.17, 15) is 18.3 Å². The molecular formula is C28H34N2O7S. The lowest BCUT2D eigenvalue weighted by molar-refractivity contribution is -0.158. The Morgan fingerprint density at radius 3 is 2.24 bits per heavy atom. The quantitative estimate of drug-likeness (QED) is 0.262. The summed E-state index contributed by atoms with van der Waals surface area (Å²) >= 11 is 0. The monoisotopic (exact) mass is 542 g/mol. The van der Waals surface area contributed by atoms with E-state index in [1.807, 2.05) is 54.6 Å². The van der Waals surface area contributed by atoms with Crippen LogP contribution in [0.1, 0.15) is 11.1 Å². The first kappa shape index (κ1) is 29.1. The van der Waals surface area contributed by atoms with E-state index in [-0.39, 0.29) is 11.4 Å². The van der Waals surface area contributed by atoms with Crippen molar-refractivity contribution in [2.45, 2.75) is 36.1 Å². The number of methoxy groups -OCH3 is 2. The molecule has 0 aliphatic heterocycles. The van der Waals surface area contributed by atoms with Gasteiger partial charge in [0.25, 0.3) is 0 Å². The lowest BCUT2D eigenvalue weighted by atomic mass is 10.0. The Hall–Kier alpha value is -3.44. The molecule has 0 bridgehead atoms. The van der Waals surface area contributed by atoms with E-state index in [4.69, 9.17) is 19.9 Å². The number of nitrogens with one attached hydrogen (secondary N) is 1. The smallest absolute Gasteiger partial charge is 0.336 e. The Morgan fingerprint density at radius 1 is 0.921 bits per heavy atom. The second kappa shape index (κ2) is 13.9. The van der Waals surface area contributed by atoms with Crippen molar-refractivity contribution < 1.29 is 32.5 Å². The number of benzene rings is 3. The molecule has 0 aromatic heterocycles. The molecule has 0 spiro atoms. The van der Waals surface area contributed by atoms with Crippen molar-refractivity contribution in [1.82, 2.24) is 5.32 Å². The average Bonchev–Trinajstić information content (AvgIpc) is 2.92. The molecule has 0 saturated heterocycles. The number of aliphatic hydroxyl groups is 1. The van der Waals surface area contributed by atoms with Gasteiger partial charge in [0, 0.05) is 19.1 Å². The summed E-state index contributed by atoms with van der Waals surface area (Å²) < 4.78 is 41.5. The molecule has 0 heterocycles. The summed E-state index contributed by atoms with van der Waals surface area (Å²) in [5.41, 5.74) is 8.33. The van der Waals surface area contributed by atoms with Crippen molar-refractivity contribution in [2.75, 3.05) is 26.5 Å². The summed E-state index contributed by atoms with van der Waals surface area (Å²) in [4.78, 5) is 12.7. The largest absolute Gasteiger partial charge is 0.497 e. The first-order chi connectivity index (χ1) is 18.2. The van der Waals surface area contributed by atoms with Crippen LogP contribution in [0.15, 0.2) is 83.8 Å². The van der Waals surface area contributed by atoms with E-state index in [0.717, 1.165) is 11.1 Å². The fourth-order valence-electron chi connectivity index (χ4n) is 3.83. The third kappa shape index (κ3) is 8.56. The van der Waals surface area contributed by atoms with Crippen molar-refractivity contribution in [3.8, 4) is 11.5 Å². The zero-order valence-corrected chi connectivity index (χ0v) is 22.3. The Bertz CT molecular complexity index is 1290. The van der Waals surface area contributed by atoms with Crippen LogP contribution >= 0.6 is 0 Å². The number of sulfone groups is 1. The van der Waals surface area contributed by atoms with Crippen molar-refractivity contribution in [3.63, 3.8) is 0 Å². The van der Waals surface area contributed by atoms with Gasteiger partial charge in [0.2, 0.25) is 0 Å². The third-order valence-corrected chi connectivity index (χ3v) is 7.64. The lowest BCUT2D eigenvalue weighted by Crippen LogP contribution is -2.47. The molecule has 3 aromatic rings. The summed E-state index contributed by atoms with van der Waals surface area (Å²) in [5.74, 6) is -0.838. The Labute approximate surface area is 223 Å². The van der Waals surface area contributed by atoms with Gasteiger partial charge in [-0.15, -0.1) is 0 Å². The van der Waals surface area contributed by atoms with Crippen LogP contribution in [0, 0.1) is 0 Å². The molecule has 0 radical (unpaired) electrons. The van der Waals surface area contributed by atoms with Crippen molar-refractivity contribution in [2.24, 2.45) is 5.73 Å². The van der Waals surface area contributed by atoms with E-state index >= 15 is 0 Å². The van der Waals surface area contributed by atoms with Gasteiger partial charge in [0.1, 0.15) is 17.6 Å². The molecule has 3 aromatic carbocycles. The fourth-order valence-corrected chi connectivity index (χ4v) is 5.16. The maximum atomic E-state index is 12.8. The number of carbonyl (C=O) groups is 1. The summed E-state index contributed by atoms with van der Waals surface area (Å²) in [6.45, 7) is 0.641. The van der Waals surface area contributed by atoms with E-state index in [2.05, 4.69) is 5.32 Å². The topological polar surface area (TPSA) is 137 Å². The van der Waals surface area contributed by atoms with Gasteiger partial charge in [0.05, 0.1) is 24.9 Å². The molecule has 204 valence electrons. The van der Waals surface area contributed by atoms with Gasteiger partial charge in [-0.2, -0.15) is 0 Å². The highest BCUT2D eigenvalue weighted by atomic mass is 32.2. The second-order valence-corrected chi connectivity index (χ2v) is 10.8. The van der Waals surface area contributed by atoms with Crippen LogP contribution in [0.3, 0.4) is 0 Å². The van der Waals surface area contributed by atoms with E-state index in [1.54, 1.807) is 13.2 Å². The molecule has 0 aliphatic rings. The molecule has 3 rings (SSSR count). The summed E-state index contributed by atoms with van der Waals surface area (Å²) in [6.07, 6.45) is -2.31. The zero-order chi connectivity index (χ0) is 27.5. The Balaban J connectivity index is 1.68. The second-order valence-electron chi connectivity index (χ2n) is 8.79. The van der Waals surface area contributed by atoms with E-state index < -0.39 is 39.8 Å². The molecule has 1 unspecified atom stereocenters. The van der Waals surface area contributed by atoms with Gasteiger partial charge >= 0.3 is 5.97 Å². The number of nitrogens with two attached hydrogens (primary N) is 1. The van der Waals surface area contributed by atoms with Crippen LogP contribution in [0.25, 0.3) is 0 Å². The first-order valence-corrected chi connectivity index (χ1v) is 13.8. The minimum atomic E-state index is -3.99. The molecule has 38 heavy (non-hydrogen) atoms. The van der Waals surface area contributed by atoms with Crippen LogP contribution in [-0.4, -0.2) is 64.3 Å². The SMILES string of the molecule is COc1cccc(CNC[C@@H](OC(=O)C(O)CS(=O)(=O)c2cccc(OC)c2)[C@@H](N)Cc2ccccc2)c1. The van der Waals surface area contributed by atoms with Crippen LogP contribution in [0.5, 0.6) is 11.5 Å². The number of aliphatic hydroxyl groups excluding tert-OH is 1. The number of carbonyl (C=O) groups excluding carboxylic acids is 1. The summed E-state index contributed by atoms with van der Waals surface area (Å²) in [5, 5.41) is 13.7. The van der Waals surface area contributed by atoms with Gasteiger partial charge in [0.15, 0.2) is 15.9 Å². The molecular weight excluding hydrogens is 508 g/mol. The summed E-state index contributed by atoms with van der Waals surface area (Å²) in [6, 6.07) is 22.2. The number of esters is 1. The standard InChI is InChI=1S/C28H34N2O7S/c1-35-22-11-6-10-21(14-22)17-30-18-27(25(29)15-20-8-4-3-5-9-20)37-28(32)26(31)19-38(33,34)24-13-7-12-23(16-24)36-2/h3-14,16,25-27,30-31H,15,17-19,29H2,1-2H3/t25-,26?,27+/m0/s1. The molecule has 0 fully saturated rings. The molecule has 10 heteroatoms. The highest BCUT2D eigenvalue weighted by Gasteiger charge is 2.30. The molecule has 0 amide bonds. The molecule has 0 aliphatic carbocycles. The van der Waals surface area contributed by atoms with Crippen LogP contribution < -0.4 is 20.5 Å². The molecule has 9 nitrogen and oxygen atoms in total. The van der Waals surface area contributed by atoms with Gasteiger partial charge in [-0.05, 0) is 47.9 Å². The number of ether oxygens (including phenoxy) is 3. The minimum absolute atomic E-state index is 0.0685. The molecule has 4 N–H and O–H groups in total. The van der Waals surface area contributed by atoms with Gasteiger partial charge in [-0.3, -0.25) is 0 Å². The van der Waals surface area contributed by atoms with Gasteiger partial charge < -0.3 is 30.4 Å². The highest BCUT2D eigenvalue weighted by molar-refractivity contribution is 7.91. The number of hydrogen-bond acceptors (Lipinski definition) is 9. The van der Waals surface area contributed by atoms with Crippen molar-refractivity contribution >= 4 is 15.8 Å². The molecule has 3 atom stereocenters.